The van der Waals surface area contributed by atoms with Crippen molar-refractivity contribution in [3.05, 3.63) is 61.2 Å². The first-order chi connectivity index (χ1) is 15.3. The Bertz CT molecular complexity index is 1180. The molecule has 0 unspecified atom stereocenters. The number of anilines is 1. The third-order valence-electron chi connectivity index (χ3n) is 5.15. The highest BCUT2D eigenvalue weighted by molar-refractivity contribution is 8.00. The number of hydrogen-bond donors (Lipinski definition) is 0. The largest absolute Gasteiger partial charge is 0.338 e. The Labute approximate surface area is 188 Å². The predicted octanol–water partition coefficient (Wildman–Crippen LogP) is 3.59. The SMILES string of the molecule is O=C(CSc1ncnc2sc(-c3ccccc3)cc12)N1CCN(c2ncccn2)CC1. The van der Waals surface area contributed by atoms with E-state index in [1.165, 1.54) is 11.8 Å². The van der Waals surface area contributed by atoms with Crippen LogP contribution in [0.5, 0.6) is 0 Å². The van der Waals surface area contributed by atoms with E-state index in [1.54, 1.807) is 36.1 Å². The van der Waals surface area contributed by atoms with E-state index in [9.17, 15) is 4.79 Å². The van der Waals surface area contributed by atoms with Gasteiger partial charge < -0.3 is 9.80 Å². The maximum atomic E-state index is 12.8. The minimum atomic E-state index is 0.129. The average molecular weight is 449 g/mol. The van der Waals surface area contributed by atoms with Crippen LogP contribution in [0.1, 0.15) is 0 Å². The van der Waals surface area contributed by atoms with Crippen LogP contribution in [0.2, 0.25) is 0 Å². The van der Waals surface area contributed by atoms with E-state index in [2.05, 4.69) is 43.0 Å². The van der Waals surface area contributed by atoms with Gasteiger partial charge in [0.15, 0.2) is 0 Å². The monoisotopic (exact) mass is 448 g/mol. The fourth-order valence-electron chi connectivity index (χ4n) is 3.53. The fourth-order valence-corrected chi connectivity index (χ4v) is 5.47. The summed E-state index contributed by atoms with van der Waals surface area (Å²) in [5.41, 5.74) is 1.16. The molecular weight excluding hydrogens is 428 g/mol. The summed E-state index contributed by atoms with van der Waals surface area (Å²) in [5.74, 6) is 1.22. The highest BCUT2D eigenvalue weighted by Gasteiger charge is 2.23. The molecule has 7 nitrogen and oxygen atoms in total. The molecule has 0 atom stereocenters. The number of hydrogen-bond acceptors (Lipinski definition) is 8. The quantitative estimate of drug-likeness (QED) is 0.341. The number of carbonyl (C=O) groups is 1. The molecule has 31 heavy (non-hydrogen) atoms. The standard InChI is InChI=1S/C22H20N6OS2/c29-19(27-9-11-28(12-10-27)22-23-7-4-8-24-22)14-30-20-17-13-18(16-5-2-1-3-6-16)31-21(17)26-15-25-20/h1-8,13,15H,9-12,14H2. The lowest BCUT2D eigenvalue weighted by Gasteiger charge is -2.34. The Morgan fingerprint density at radius 1 is 0.968 bits per heavy atom. The van der Waals surface area contributed by atoms with Crippen molar-refractivity contribution in [2.45, 2.75) is 5.03 Å². The molecule has 0 aliphatic carbocycles. The Kier molecular flexibility index (Phi) is 5.77. The van der Waals surface area contributed by atoms with Gasteiger partial charge in [-0.05, 0) is 17.7 Å². The van der Waals surface area contributed by atoms with Crippen LogP contribution in [-0.4, -0.2) is 62.7 Å². The number of piperazine rings is 1. The van der Waals surface area contributed by atoms with Gasteiger partial charge in [-0.3, -0.25) is 4.79 Å². The second-order valence-corrected chi connectivity index (χ2v) is 9.07. The smallest absolute Gasteiger partial charge is 0.233 e. The molecular formula is C22H20N6OS2. The Morgan fingerprint density at radius 2 is 1.74 bits per heavy atom. The first-order valence-electron chi connectivity index (χ1n) is 10.0. The molecule has 1 fully saturated rings. The third kappa shape index (κ3) is 4.38. The number of amides is 1. The van der Waals surface area contributed by atoms with E-state index in [-0.39, 0.29) is 5.91 Å². The van der Waals surface area contributed by atoms with Gasteiger partial charge in [0.2, 0.25) is 11.9 Å². The fraction of sp³-hybridized carbons (Fsp3) is 0.227. The molecule has 1 saturated heterocycles. The van der Waals surface area contributed by atoms with Gasteiger partial charge in [0.05, 0.1) is 5.75 Å². The molecule has 1 aliphatic rings. The van der Waals surface area contributed by atoms with Crippen molar-refractivity contribution in [3.63, 3.8) is 0 Å². The van der Waals surface area contributed by atoms with Crippen LogP contribution < -0.4 is 4.90 Å². The Hall–Kier alpha value is -3.04. The Balaban J connectivity index is 1.23. The summed E-state index contributed by atoms with van der Waals surface area (Å²) < 4.78 is 0. The summed E-state index contributed by atoms with van der Waals surface area (Å²) in [7, 11) is 0. The zero-order chi connectivity index (χ0) is 21.0. The maximum absolute atomic E-state index is 12.8. The first-order valence-corrected chi connectivity index (χ1v) is 11.8. The molecule has 0 N–H and O–H groups in total. The van der Waals surface area contributed by atoms with Crippen molar-refractivity contribution < 1.29 is 4.79 Å². The molecule has 4 aromatic rings. The summed E-state index contributed by atoms with van der Waals surface area (Å²) >= 11 is 3.13. The van der Waals surface area contributed by atoms with Crippen LogP contribution in [0, 0.1) is 0 Å². The van der Waals surface area contributed by atoms with Crippen molar-refractivity contribution in [2.75, 3.05) is 36.8 Å². The lowest BCUT2D eigenvalue weighted by atomic mass is 10.2. The lowest BCUT2D eigenvalue weighted by Crippen LogP contribution is -2.49. The van der Waals surface area contributed by atoms with E-state index in [0.29, 0.717) is 18.8 Å². The van der Waals surface area contributed by atoms with Gasteiger partial charge in [-0.15, -0.1) is 11.3 Å². The van der Waals surface area contributed by atoms with Gasteiger partial charge in [0, 0.05) is 48.8 Å². The zero-order valence-electron chi connectivity index (χ0n) is 16.7. The molecule has 3 aromatic heterocycles. The van der Waals surface area contributed by atoms with Gasteiger partial charge in [-0.25, -0.2) is 19.9 Å². The first kappa shape index (κ1) is 19.9. The average Bonchev–Trinajstić information content (AvgIpc) is 3.29. The third-order valence-corrected chi connectivity index (χ3v) is 7.23. The number of thiophene rings is 1. The van der Waals surface area contributed by atoms with Crippen LogP contribution in [-0.2, 0) is 4.79 Å². The van der Waals surface area contributed by atoms with Gasteiger partial charge >= 0.3 is 0 Å². The van der Waals surface area contributed by atoms with Gasteiger partial charge in [0.25, 0.3) is 0 Å². The molecule has 4 heterocycles. The predicted molar refractivity (Wildman–Crippen MR) is 124 cm³/mol. The van der Waals surface area contributed by atoms with Crippen molar-refractivity contribution in [1.82, 2.24) is 24.8 Å². The summed E-state index contributed by atoms with van der Waals surface area (Å²) in [6.45, 7) is 2.83. The van der Waals surface area contributed by atoms with Gasteiger partial charge in [0.1, 0.15) is 16.2 Å². The van der Waals surface area contributed by atoms with Crippen molar-refractivity contribution in [3.8, 4) is 10.4 Å². The second kappa shape index (κ2) is 8.99. The number of carbonyl (C=O) groups excluding carboxylic acids is 1. The number of aromatic nitrogens is 4. The summed E-state index contributed by atoms with van der Waals surface area (Å²) in [5, 5.41) is 1.86. The number of thioether (sulfide) groups is 1. The van der Waals surface area contributed by atoms with Crippen LogP contribution >= 0.6 is 23.1 Å². The van der Waals surface area contributed by atoms with Crippen LogP contribution in [0.15, 0.2) is 66.2 Å². The minimum Gasteiger partial charge on any atom is -0.338 e. The van der Waals surface area contributed by atoms with Crippen molar-refractivity contribution in [2.24, 2.45) is 0 Å². The summed E-state index contributed by atoms with van der Waals surface area (Å²) in [4.78, 5) is 36.4. The lowest BCUT2D eigenvalue weighted by molar-refractivity contribution is -0.128. The van der Waals surface area contributed by atoms with Crippen LogP contribution in [0.25, 0.3) is 20.7 Å². The van der Waals surface area contributed by atoms with E-state index in [4.69, 9.17) is 0 Å². The van der Waals surface area contributed by atoms with Gasteiger partial charge in [-0.1, -0.05) is 42.1 Å². The second-order valence-electron chi connectivity index (χ2n) is 7.08. The topological polar surface area (TPSA) is 75.1 Å². The van der Waals surface area contributed by atoms with Crippen molar-refractivity contribution >= 4 is 45.2 Å². The van der Waals surface area contributed by atoms with E-state index < -0.39 is 0 Å². The zero-order valence-corrected chi connectivity index (χ0v) is 18.4. The summed E-state index contributed by atoms with van der Waals surface area (Å²) in [6.07, 6.45) is 5.07. The molecule has 1 amide bonds. The van der Waals surface area contributed by atoms with E-state index in [1.807, 2.05) is 23.1 Å². The Morgan fingerprint density at radius 3 is 2.52 bits per heavy atom. The molecule has 0 radical (unpaired) electrons. The highest BCUT2D eigenvalue weighted by atomic mass is 32.2. The molecule has 0 spiro atoms. The van der Waals surface area contributed by atoms with Crippen LogP contribution in [0.4, 0.5) is 5.95 Å². The molecule has 1 aliphatic heterocycles. The summed E-state index contributed by atoms with van der Waals surface area (Å²) in [6, 6.07) is 14.2. The van der Waals surface area contributed by atoms with E-state index in [0.717, 1.165) is 44.7 Å². The normalized spacial score (nSPS) is 14.2. The molecule has 5 rings (SSSR count). The highest BCUT2D eigenvalue weighted by Crippen LogP contribution is 2.36. The number of nitrogens with zero attached hydrogens (tertiary/aromatic N) is 6. The number of fused-ring (bicyclic) bond motifs is 1. The van der Waals surface area contributed by atoms with E-state index >= 15 is 0 Å². The molecule has 156 valence electrons. The molecule has 0 bridgehead atoms. The molecule has 0 saturated carbocycles. The molecule has 9 heteroatoms. The van der Waals surface area contributed by atoms with Crippen LogP contribution in [0.3, 0.4) is 0 Å². The van der Waals surface area contributed by atoms with Gasteiger partial charge in [-0.2, -0.15) is 0 Å². The van der Waals surface area contributed by atoms with Crippen molar-refractivity contribution in [1.29, 1.82) is 0 Å². The minimum absolute atomic E-state index is 0.129. The maximum Gasteiger partial charge on any atom is 0.233 e. The molecule has 1 aromatic carbocycles. The number of benzene rings is 1. The number of rotatable bonds is 5.